The van der Waals surface area contributed by atoms with Crippen LogP contribution in [0.15, 0.2) is 53.1 Å². The topological polar surface area (TPSA) is 93.6 Å². The van der Waals surface area contributed by atoms with E-state index >= 15 is 0 Å². The van der Waals surface area contributed by atoms with Crippen molar-refractivity contribution in [3.8, 4) is 11.5 Å². The fourth-order valence-electron chi connectivity index (χ4n) is 2.67. The zero-order valence-corrected chi connectivity index (χ0v) is 12.4. The molecule has 114 valence electrons. The van der Waals surface area contributed by atoms with E-state index in [1.807, 2.05) is 12.1 Å². The van der Waals surface area contributed by atoms with Crippen molar-refractivity contribution in [2.75, 3.05) is 5.73 Å². The van der Waals surface area contributed by atoms with Crippen molar-refractivity contribution in [2.45, 2.75) is 12.8 Å². The Morgan fingerprint density at radius 3 is 2.70 bits per heavy atom. The van der Waals surface area contributed by atoms with Gasteiger partial charge >= 0.3 is 6.01 Å². The van der Waals surface area contributed by atoms with Crippen LogP contribution in [0.4, 0.5) is 6.01 Å². The molecule has 1 aromatic carbocycles. The van der Waals surface area contributed by atoms with E-state index < -0.39 is 0 Å². The third-order valence-electron chi connectivity index (χ3n) is 3.78. The zero-order chi connectivity index (χ0) is 15.6. The molecule has 4 aromatic rings. The van der Waals surface area contributed by atoms with E-state index in [1.165, 1.54) is 5.56 Å². The number of H-pyrrole nitrogens is 1. The summed E-state index contributed by atoms with van der Waals surface area (Å²) in [6.45, 7) is 0. The van der Waals surface area contributed by atoms with E-state index in [0.29, 0.717) is 5.89 Å². The number of nitrogen functional groups attached to an aromatic ring is 1. The van der Waals surface area contributed by atoms with E-state index in [0.717, 1.165) is 35.1 Å². The molecule has 6 heteroatoms. The van der Waals surface area contributed by atoms with Crippen LogP contribution in [0, 0.1) is 0 Å². The summed E-state index contributed by atoms with van der Waals surface area (Å²) in [4.78, 5) is 7.72. The molecule has 3 aromatic heterocycles. The van der Waals surface area contributed by atoms with Gasteiger partial charge in [-0.3, -0.25) is 0 Å². The van der Waals surface area contributed by atoms with E-state index in [9.17, 15) is 0 Å². The van der Waals surface area contributed by atoms with Crippen molar-refractivity contribution in [2.24, 2.45) is 0 Å². The van der Waals surface area contributed by atoms with Gasteiger partial charge in [0.1, 0.15) is 5.65 Å². The molecule has 4 rings (SSSR count). The number of rotatable bonds is 4. The van der Waals surface area contributed by atoms with Gasteiger partial charge in [-0.05, 0) is 30.5 Å². The van der Waals surface area contributed by atoms with Crippen LogP contribution in [0.25, 0.3) is 22.5 Å². The predicted octanol–water partition coefficient (Wildman–Crippen LogP) is 2.98. The minimum absolute atomic E-state index is 0.0600. The normalized spacial score (nSPS) is 11.1. The molecule has 3 N–H and O–H groups in total. The molecular formula is C17H15N5O. The van der Waals surface area contributed by atoms with Gasteiger partial charge in [0.15, 0.2) is 0 Å². The molecule has 0 saturated heterocycles. The van der Waals surface area contributed by atoms with Crippen LogP contribution < -0.4 is 5.73 Å². The fourth-order valence-corrected chi connectivity index (χ4v) is 2.67. The lowest BCUT2D eigenvalue weighted by molar-refractivity contribution is 0.591. The number of aromatic nitrogens is 4. The van der Waals surface area contributed by atoms with Gasteiger partial charge in [-0.2, -0.15) is 0 Å². The molecule has 0 atom stereocenters. The molecule has 0 saturated carbocycles. The standard InChI is InChI=1S/C17H15N5O/c18-17-22-21-16(23-17)13-8-9-19-15-14(13)10-12(20-15)7-6-11-4-2-1-3-5-11/h1-5,8-10H,6-7H2,(H2,18,22)(H,19,20). The highest BCUT2D eigenvalue weighted by atomic mass is 16.4. The molecule has 0 amide bonds. The van der Waals surface area contributed by atoms with Crippen molar-refractivity contribution in [1.29, 1.82) is 0 Å². The summed E-state index contributed by atoms with van der Waals surface area (Å²) in [5.41, 5.74) is 9.59. The molecule has 0 bridgehead atoms. The number of hydrogen-bond donors (Lipinski definition) is 2. The van der Waals surface area contributed by atoms with Gasteiger partial charge in [0, 0.05) is 17.3 Å². The van der Waals surface area contributed by atoms with Crippen molar-refractivity contribution in [1.82, 2.24) is 20.2 Å². The molecule has 0 aliphatic carbocycles. The summed E-state index contributed by atoms with van der Waals surface area (Å²) in [6, 6.07) is 14.4. The summed E-state index contributed by atoms with van der Waals surface area (Å²) in [5.74, 6) is 0.406. The Bertz CT molecular complexity index is 942. The number of fused-ring (bicyclic) bond motifs is 1. The third kappa shape index (κ3) is 2.66. The summed E-state index contributed by atoms with van der Waals surface area (Å²) < 4.78 is 5.33. The van der Waals surface area contributed by atoms with Crippen molar-refractivity contribution >= 4 is 17.0 Å². The first-order valence-electron chi connectivity index (χ1n) is 7.39. The number of nitrogens with zero attached hydrogens (tertiary/aromatic N) is 3. The Morgan fingerprint density at radius 1 is 1.04 bits per heavy atom. The highest BCUT2D eigenvalue weighted by Gasteiger charge is 2.13. The maximum Gasteiger partial charge on any atom is 0.313 e. The summed E-state index contributed by atoms with van der Waals surface area (Å²) in [6.07, 6.45) is 3.60. The summed E-state index contributed by atoms with van der Waals surface area (Å²) in [5, 5.41) is 8.63. The second kappa shape index (κ2) is 5.57. The quantitative estimate of drug-likeness (QED) is 0.604. The van der Waals surface area contributed by atoms with Crippen molar-refractivity contribution in [3.63, 3.8) is 0 Å². The molecule has 0 fully saturated rings. The van der Waals surface area contributed by atoms with E-state index in [-0.39, 0.29) is 6.01 Å². The highest BCUT2D eigenvalue weighted by Crippen LogP contribution is 2.27. The molecule has 0 spiro atoms. The minimum Gasteiger partial charge on any atom is -0.404 e. The number of anilines is 1. The second-order valence-corrected chi connectivity index (χ2v) is 5.35. The molecule has 0 aliphatic rings. The maximum absolute atomic E-state index is 5.51. The average Bonchev–Trinajstić information content (AvgIpc) is 3.19. The lowest BCUT2D eigenvalue weighted by Gasteiger charge is -1.98. The van der Waals surface area contributed by atoms with Gasteiger partial charge in [-0.25, -0.2) is 4.98 Å². The Kier molecular flexibility index (Phi) is 3.27. The van der Waals surface area contributed by atoms with E-state index in [4.69, 9.17) is 10.2 Å². The Labute approximate surface area is 132 Å². The predicted molar refractivity (Wildman–Crippen MR) is 87.6 cm³/mol. The molecule has 0 aliphatic heterocycles. The van der Waals surface area contributed by atoms with Crippen molar-refractivity contribution < 1.29 is 4.42 Å². The minimum atomic E-state index is 0.0600. The molecule has 0 unspecified atom stereocenters. The van der Waals surface area contributed by atoms with Crippen LogP contribution in [0.5, 0.6) is 0 Å². The Hall–Kier alpha value is -3.15. The van der Waals surface area contributed by atoms with Gasteiger partial charge < -0.3 is 15.1 Å². The maximum atomic E-state index is 5.51. The van der Waals surface area contributed by atoms with Crippen LogP contribution in [0.2, 0.25) is 0 Å². The Balaban J connectivity index is 1.65. The lowest BCUT2D eigenvalue weighted by Crippen LogP contribution is -1.90. The van der Waals surface area contributed by atoms with Crippen LogP contribution in [-0.4, -0.2) is 20.2 Å². The van der Waals surface area contributed by atoms with E-state index in [1.54, 1.807) is 6.20 Å². The highest BCUT2D eigenvalue weighted by molar-refractivity contribution is 5.91. The molecule has 23 heavy (non-hydrogen) atoms. The van der Waals surface area contributed by atoms with Crippen LogP contribution >= 0.6 is 0 Å². The van der Waals surface area contributed by atoms with Crippen LogP contribution in [0.3, 0.4) is 0 Å². The first-order chi connectivity index (χ1) is 11.3. The summed E-state index contributed by atoms with van der Waals surface area (Å²) >= 11 is 0. The van der Waals surface area contributed by atoms with Gasteiger partial charge in [0.2, 0.25) is 0 Å². The summed E-state index contributed by atoms with van der Waals surface area (Å²) in [7, 11) is 0. The number of aromatic amines is 1. The van der Waals surface area contributed by atoms with Crippen LogP contribution in [0.1, 0.15) is 11.3 Å². The zero-order valence-electron chi connectivity index (χ0n) is 12.4. The van der Waals surface area contributed by atoms with E-state index in [2.05, 4.69) is 50.5 Å². The SMILES string of the molecule is Nc1nnc(-c2ccnc3[nH]c(CCc4ccccc4)cc23)o1. The number of nitrogens with one attached hydrogen (secondary N) is 1. The fraction of sp³-hybridized carbons (Fsp3) is 0.118. The van der Waals surface area contributed by atoms with Gasteiger partial charge in [-0.1, -0.05) is 35.4 Å². The van der Waals surface area contributed by atoms with Gasteiger partial charge in [0.05, 0.1) is 5.56 Å². The average molecular weight is 305 g/mol. The number of benzene rings is 1. The van der Waals surface area contributed by atoms with Gasteiger partial charge in [0.25, 0.3) is 5.89 Å². The second-order valence-electron chi connectivity index (χ2n) is 5.35. The first-order valence-corrected chi connectivity index (χ1v) is 7.39. The molecular weight excluding hydrogens is 290 g/mol. The number of pyridine rings is 1. The van der Waals surface area contributed by atoms with Crippen LogP contribution in [-0.2, 0) is 12.8 Å². The van der Waals surface area contributed by atoms with Gasteiger partial charge in [-0.15, -0.1) is 5.10 Å². The largest absolute Gasteiger partial charge is 0.404 e. The first kappa shape index (κ1) is 13.5. The van der Waals surface area contributed by atoms with Crippen molar-refractivity contribution in [3.05, 3.63) is 59.9 Å². The molecule has 0 radical (unpaired) electrons. The number of hydrogen-bond acceptors (Lipinski definition) is 5. The number of aryl methyl sites for hydroxylation is 2. The smallest absolute Gasteiger partial charge is 0.313 e. The molecule has 3 heterocycles. The third-order valence-corrected chi connectivity index (χ3v) is 3.78. The monoisotopic (exact) mass is 305 g/mol. The Morgan fingerprint density at radius 2 is 1.91 bits per heavy atom. The number of nitrogens with two attached hydrogens (primary N) is 1. The molecule has 6 nitrogen and oxygen atoms in total. The lowest BCUT2D eigenvalue weighted by atomic mass is 10.1.